The minimum Gasteiger partial charge on any atom is -0.467 e. The number of halogens is 5. The van der Waals surface area contributed by atoms with Gasteiger partial charge in [-0.05, 0) is 32.4 Å². The number of nitrogens with zero attached hydrogens (tertiary/aromatic N) is 4. The molecule has 1 atom stereocenters. The number of carbonyl (C=O) groups is 1. The van der Waals surface area contributed by atoms with Crippen LogP contribution in [0.3, 0.4) is 0 Å². The third kappa shape index (κ3) is 5.24. The largest absolute Gasteiger partial charge is 0.467 e. The second kappa shape index (κ2) is 8.33. The second-order valence-electron chi connectivity index (χ2n) is 7.39. The van der Waals surface area contributed by atoms with Crippen molar-refractivity contribution in [3.05, 3.63) is 34.9 Å². The summed E-state index contributed by atoms with van der Waals surface area (Å²) in [5.41, 5.74) is -0.321. The summed E-state index contributed by atoms with van der Waals surface area (Å²) >= 11 is 5.96. The van der Waals surface area contributed by atoms with Gasteiger partial charge in [0.15, 0.2) is 18.2 Å². The number of hydrogen-bond acceptors (Lipinski definition) is 7. The number of cyclic esters (lactones) is 1. The lowest BCUT2D eigenvalue weighted by atomic mass is 10.1. The average Bonchev–Trinajstić information content (AvgIpc) is 2.94. The zero-order valence-electron chi connectivity index (χ0n) is 16.6. The number of alkyl halides is 3. The van der Waals surface area contributed by atoms with Crippen LogP contribution < -0.4 is 15.0 Å². The van der Waals surface area contributed by atoms with Crippen LogP contribution in [0.2, 0.25) is 5.02 Å². The van der Waals surface area contributed by atoms with E-state index in [0.717, 1.165) is 11.1 Å². The van der Waals surface area contributed by atoms with E-state index in [2.05, 4.69) is 25.0 Å². The van der Waals surface area contributed by atoms with Crippen molar-refractivity contribution < 1.29 is 31.8 Å². The highest BCUT2D eigenvalue weighted by molar-refractivity contribution is 6.31. The van der Waals surface area contributed by atoms with Gasteiger partial charge in [0, 0.05) is 6.20 Å². The monoisotopic (exact) mass is 463 g/mol. The number of rotatable bonds is 6. The molecule has 3 heterocycles. The number of nitrogens with one attached hydrogen (secondary N) is 1. The SMILES string of the molecule is C[C@H](Nc1ncc(F)c(N2C(=O)OCC2(C)C)n1)c1cnc(OCC(F)(F)F)c(Cl)c1. The first-order chi connectivity index (χ1) is 14.4. The number of pyridine rings is 1. The fourth-order valence-corrected chi connectivity index (χ4v) is 3.01. The fraction of sp³-hybridized carbons (Fsp3) is 0.444. The molecule has 2 aromatic heterocycles. The molecule has 0 unspecified atom stereocenters. The minimum absolute atomic E-state index is 0.00733. The van der Waals surface area contributed by atoms with Crippen LogP contribution in [0.25, 0.3) is 0 Å². The van der Waals surface area contributed by atoms with Crippen molar-refractivity contribution in [1.29, 1.82) is 0 Å². The number of anilines is 2. The first-order valence-electron chi connectivity index (χ1n) is 8.98. The lowest BCUT2D eigenvalue weighted by Crippen LogP contribution is -2.43. The maximum Gasteiger partial charge on any atom is 0.422 e. The summed E-state index contributed by atoms with van der Waals surface area (Å²) in [6, 6.07) is 0.863. The standard InChI is InChI=1S/C18H18ClF4N5O3/c1-9(10-4-11(19)14(24-5-10)30-8-18(21,22)23)26-15-25-6-12(20)13(27-15)28-16(29)31-7-17(28,2)3/h4-6,9H,7-8H2,1-3H3,(H,25,26,27)/t9-/m0/s1. The number of aromatic nitrogens is 3. The molecular weight excluding hydrogens is 446 g/mol. The Morgan fingerprint density at radius 3 is 2.65 bits per heavy atom. The van der Waals surface area contributed by atoms with Gasteiger partial charge in [-0.3, -0.25) is 0 Å². The number of hydrogen-bond donors (Lipinski definition) is 1. The van der Waals surface area contributed by atoms with E-state index in [1.807, 2.05) is 0 Å². The summed E-state index contributed by atoms with van der Waals surface area (Å²) < 4.78 is 60.7. The van der Waals surface area contributed by atoms with Crippen molar-refractivity contribution in [2.24, 2.45) is 0 Å². The molecule has 0 spiro atoms. The molecule has 0 bridgehead atoms. The molecule has 0 saturated carbocycles. The molecule has 0 aliphatic carbocycles. The molecule has 8 nitrogen and oxygen atoms in total. The highest BCUT2D eigenvalue weighted by Gasteiger charge is 2.43. The molecule has 0 radical (unpaired) electrons. The van der Waals surface area contributed by atoms with Crippen LogP contribution in [0.1, 0.15) is 32.4 Å². The van der Waals surface area contributed by atoms with Gasteiger partial charge in [0.05, 0.1) is 17.8 Å². The molecular formula is C18H18ClF4N5O3. The van der Waals surface area contributed by atoms with Crippen LogP contribution in [0, 0.1) is 5.82 Å². The predicted molar refractivity (Wildman–Crippen MR) is 103 cm³/mol. The van der Waals surface area contributed by atoms with Gasteiger partial charge in [-0.2, -0.15) is 18.2 Å². The van der Waals surface area contributed by atoms with Crippen LogP contribution in [-0.2, 0) is 4.74 Å². The zero-order valence-corrected chi connectivity index (χ0v) is 17.4. The van der Waals surface area contributed by atoms with Crippen LogP contribution in [-0.4, -0.2) is 46.0 Å². The van der Waals surface area contributed by atoms with Crippen molar-refractivity contribution in [2.75, 3.05) is 23.4 Å². The zero-order chi connectivity index (χ0) is 23.0. The summed E-state index contributed by atoms with van der Waals surface area (Å²) in [5.74, 6) is -1.40. The highest BCUT2D eigenvalue weighted by atomic mass is 35.5. The van der Waals surface area contributed by atoms with E-state index in [0.29, 0.717) is 5.56 Å². The third-order valence-corrected chi connectivity index (χ3v) is 4.59. The summed E-state index contributed by atoms with van der Waals surface area (Å²) in [5, 5.41) is 2.79. The summed E-state index contributed by atoms with van der Waals surface area (Å²) in [7, 11) is 0. The van der Waals surface area contributed by atoms with E-state index < -0.39 is 36.3 Å². The summed E-state index contributed by atoms with van der Waals surface area (Å²) in [4.78, 5) is 24.9. The van der Waals surface area contributed by atoms with Crippen molar-refractivity contribution in [3.8, 4) is 5.88 Å². The molecule has 3 rings (SSSR count). The van der Waals surface area contributed by atoms with Gasteiger partial charge >= 0.3 is 12.3 Å². The van der Waals surface area contributed by atoms with Gasteiger partial charge in [0.25, 0.3) is 0 Å². The molecule has 2 aromatic rings. The third-order valence-electron chi connectivity index (χ3n) is 4.32. The van der Waals surface area contributed by atoms with Gasteiger partial charge in [0.2, 0.25) is 11.8 Å². The Morgan fingerprint density at radius 1 is 1.35 bits per heavy atom. The molecule has 1 N–H and O–H groups in total. The molecule has 168 valence electrons. The van der Waals surface area contributed by atoms with Gasteiger partial charge < -0.3 is 14.8 Å². The van der Waals surface area contributed by atoms with Gasteiger partial charge in [-0.1, -0.05) is 11.6 Å². The van der Waals surface area contributed by atoms with Crippen LogP contribution in [0.4, 0.5) is 34.1 Å². The van der Waals surface area contributed by atoms with Crippen LogP contribution in [0.15, 0.2) is 18.5 Å². The van der Waals surface area contributed by atoms with Gasteiger partial charge in [-0.25, -0.2) is 24.1 Å². The van der Waals surface area contributed by atoms with E-state index in [9.17, 15) is 22.4 Å². The Bertz CT molecular complexity index is 989. The van der Waals surface area contributed by atoms with Crippen LogP contribution in [0.5, 0.6) is 5.88 Å². The Morgan fingerprint density at radius 2 is 2.06 bits per heavy atom. The maximum atomic E-state index is 14.3. The first-order valence-corrected chi connectivity index (χ1v) is 9.36. The molecule has 1 fully saturated rings. The summed E-state index contributed by atoms with van der Waals surface area (Å²) in [6.45, 7) is 3.64. The Hall–Kier alpha value is -2.89. The Kier molecular flexibility index (Phi) is 6.12. The topological polar surface area (TPSA) is 89.5 Å². The highest BCUT2D eigenvalue weighted by Crippen LogP contribution is 2.32. The molecule has 31 heavy (non-hydrogen) atoms. The minimum atomic E-state index is -4.52. The maximum absolute atomic E-state index is 14.3. The van der Waals surface area contributed by atoms with Crippen molar-refractivity contribution in [2.45, 2.75) is 38.5 Å². The number of carbonyl (C=O) groups excluding carboxylic acids is 1. The van der Waals surface area contributed by atoms with Gasteiger partial charge in [-0.15, -0.1) is 0 Å². The number of ether oxygens (including phenoxy) is 2. The lowest BCUT2D eigenvalue weighted by Gasteiger charge is -2.27. The number of amides is 1. The van der Waals surface area contributed by atoms with Gasteiger partial charge in [0.1, 0.15) is 11.6 Å². The predicted octanol–water partition coefficient (Wildman–Crippen LogP) is 4.51. The van der Waals surface area contributed by atoms with E-state index in [1.54, 1.807) is 20.8 Å². The fourth-order valence-electron chi connectivity index (χ4n) is 2.78. The van der Waals surface area contributed by atoms with Crippen molar-refractivity contribution >= 4 is 29.5 Å². The van der Waals surface area contributed by atoms with Crippen molar-refractivity contribution in [1.82, 2.24) is 15.0 Å². The molecule has 0 aromatic carbocycles. The van der Waals surface area contributed by atoms with E-state index in [1.165, 1.54) is 12.3 Å². The molecule has 1 amide bonds. The smallest absolute Gasteiger partial charge is 0.422 e. The molecule has 1 saturated heterocycles. The van der Waals surface area contributed by atoms with E-state index >= 15 is 0 Å². The quantitative estimate of drug-likeness (QED) is 0.630. The Balaban J connectivity index is 1.77. The van der Waals surface area contributed by atoms with E-state index in [4.69, 9.17) is 16.3 Å². The van der Waals surface area contributed by atoms with E-state index in [-0.39, 0.29) is 29.3 Å². The molecule has 1 aliphatic rings. The normalized spacial score (nSPS) is 16.8. The Labute approximate surface area is 179 Å². The second-order valence-corrected chi connectivity index (χ2v) is 7.80. The molecule has 13 heteroatoms. The lowest BCUT2D eigenvalue weighted by molar-refractivity contribution is -0.154. The molecule has 1 aliphatic heterocycles. The first kappa shape index (κ1) is 22.8. The van der Waals surface area contributed by atoms with Crippen molar-refractivity contribution in [3.63, 3.8) is 0 Å². The summed E-state index contributed by atoms with van der Waals surface area (Å²) in [6.07, 6.45) is -3.06. The average molecular weight is 464 g/mol. The van der Waals surface area contributed by atoms with Crippen LogP contribution >= 0.6 is 11.6 Å².